The summed E-state index contributed by atoms with van der Waals surface area (Å²) < 4.78 is 46.6. The first kappa shape index (κ1) is 24.3. The van der Waals surface area contributed by atoms with Gasteiger partial charge in [-0.05, 0) is 36.4 Å². The van der Waals surface area contributed by atoms with Crippen LogP contribution in [-0.4, -0.2) is 75.4 Å². The molecule has 0 aliphatic carbocycles. The fourth-order valence-electron chi connectivity index (χ4n) is 4.13. The Morgan fingerprint density at radius 1 is 1.03 bits per heavy atom. The highest BCUT2D eigenvalue weighted by Crippen LogP contribution is 2.21. The van der Waals surface area contributed by atoms with E-state index in [-0.39, 0.29) is 17.2 Å². The van der Waals surface area contributed by atoms with E-state index in [2.05, 4.69) is 9.62 Å². The lowest BCUT2D eigenvalue weighted by Crippen LogP contribution is -2.51. The van der Waals surface area contributed by atoms with Gasteiger partial charge in [-0.2, -0.15) is 0 Å². The maximum atomic E-state index is 13.1. The molecule has 10 heteroatoms. The third-order valence-corrected chi connectivity index (χ3v) is 7.48. The Kier molecular flexibility index (Phi) is 7.62. The number of halogens is 1. The highest BCUT2D eigenvalue weighted by molar-refractivity contribution is 7.89. The first-order chi connectivity index (χ1) is 16.4. The maximum absolute atomic E-state index is 13.1. The van der Waals surface area contributed by atoms with Gasteiger partial charge in [-0.15, -0.1) is 0 Å². The Morgan fingerprint density at radius 3 is 2.35 bits per heavy atom. The predicted molar refractivity (Wildman–Crippen MR) is 125 cm³/mol. The molecule has 0 radical (unpaired) electrons. The number of benzene rings is 2. The number of amides is 1. The van der Waals surface area contributed by atoms with Crippen molar-refractivity contribution in [2.45, 2.75) is 29.6 Å². The van der Waals surface area contributed by atoms with Crippen LogP contribution < -0.4 is 9.62 Å². The summed E-state index contributed by atoms with van der Waals surface area (Å²) in [6.07, 6.45) is 1.92. The number of aliphatic hydroxyl groups is 1. The monoisotopic (exact) mass is 489 g/mol. The van der Waals surface area contributed by atoms with Crippen LogP contribution in [0.25, 0.3) is 0 Å². The lowest BCUT2D eigenvalue weighted by molar-refractivity contribution is -0.135. The van der Waals surface area contributed by atoms with Gasteiger partial charge < -0.3 is 19.6 Å². The second kappa shape index (κ2) is 10.6. The number of anilines is 1. The predicted octanol–water partition coefficient (Wildman–Crippen LogP) is 1.53. The summed E-state index contributed by atoms with van der Waals surface area (Å²) in [6, 6.07) is 13.7. The van der Waals surface area contributed by atoms with Gasteiger partial charge in [0.05, 0.1) is 30.1 Å². The molecule has 34 heavy (non-hydrogen) atoms. The van der Waals surface area contributed by atoms with E-state index in [1.165, 1.54) is 0 Å². The van der Waals surface area contributed by atoms with Crippen LogP contribution in [0.15, 0.2) is 71.6 Å². The number of aliphatic hydroxyl groups excluding tert-OH is 1. The van der Waals surface area contributed by atoms with Crippen LogP contribution >= 0.6 is 0 Å². The third kappa shape index (κ3) is 5.82. The van der Waals surface area contributed by atoms with E-state index in [1.54, 1.807) is 17.1 Å². The van der Waals surface area contributed by atoms with Gasteiger partial charge in [0.25, 0.3) is 0 Å². The number of nitrogens with one attached hydrogen (secondary N) is 1. The molecular weight excluding hydrogens is 461 g/mol. The molecule has 3 atom stereocenters. The highest BCUT2D eigenvalue weighted by atomic mass is 32.2. The maximum Gasteiger partial charge on any atom is 0.241 e. The molecule has 2 aromatic rings. The molecule has 0 saturated carbocycles. The number of nitrogens with zero attached hydrogens (tertiary/aromatic N) is 2. The molecule has 182 valence electrons. The van der Waals surface area contributed by atoms with Gasteiger partial charge in [0.2, 0.25) is 15.9 Å². The smallest absolute Gasteiger partial charge is 0.241 e. The quantitative estimate of drug-likeness (QED) is 0.573. The van der Waals surface area contributed by atoms with Gasteiger partial charge in [0.15, 0.2) is 0 Å². The van der Waals surface area contributed by atoms with E-state index in [9.17, 15) is 22.7 Å². The molecule has 2 aromatic carbocycles. The van der Waals surface area contributed by atoms with E-state index in [1.807, 2.05) is 30.3 Å². The summed E-state index contributed by atoms with van der Waals surface area (Å²) in [5.41, 5.74) is 1.13. The largest absolute Gasteiger partial charge is 0.394 e. The van der Waals surface area contributed by atoms with Crippen LogP contribution in [0.1, 0.15) is 6.42 Å². The molecule has 2 heterocycles. The highest BCUT2D eigenvalue weighted by Gasteiger charge is 2.32. The summed E-state index contributed by atoms with van der Waals surface area (Å²) in [5.74, 6) is -0.591. The van der Waals surface area contributed by atoms with Gasteiger partial charge in [-0.1, -0.05) is 30.4 Å². The van der Waals surface area contributed by atoms with Crippen molar-refractivity contribution in [2.75, 3.05) is 37.7 Å². The molecule has 0 unspecified atom stereocenters. The van der Waals surface area contributed by atoms with Crippen molar-refractivity contribution in [3.05, 3.63) is 72.6 Å². The Morgan fingerprint density at radius 2 is 1.71 bits per heavy atom. The van der Waals surface area contributed by atoms with Crippen LogP contribution in [0, 0.1) is 5.82 Å². The molecular formula is C24H28FN3O5S. The molecule has 2 N–H and O–H groups in total. The van der Waals surface area contributed by atoms with Gasteiger partial charge in [0.1, 0.15) is 11.9 Å². The molecule has 0 spiro atoms. The molecule has 2 aliphatic rings. The second-order valence-electron chi connectivity index (χ2n) is 8.29. The van der Waals surface area contributed by atoms with Crippen molar-refractivity contribution in [1.82, 2.24) is 9.62 Å². The molecule has 4 rings (SSSR count). The van der Waals surface area contributed by atoms with Gasteiger partial charge in [0, 0.05) is 31.9 Å². The lowest BCUT2D eigenvalue weighted by atomic mass is 10.1. The van der Waals surface area contributed by atoms with Crippen molar-refractivity contribution in [1.29, 1.82) is 0 Å². The Balaban J connectivity index is 1.32. The first-order valence-corrected chi connectivity index (χ1v) is 12.6. The van der Waals surface area contributed by atoms with E-state index in [0.717, 1.165) is 43.0 Å². The minimum atomic E-state index is -3.94. The third-order valence-electron chi connectivity index (χ3n) is 6.01. The minimum Gasteiger partial charge on any atom is -0.394 e. The van der Waals surface area contributed by atoms with Crippen LogP contribution in [0.3, 0.4) is 0 Å². The van der Waals surface area contributed by atoms with Gasteiger partial charge >= 0.3 is 0 Å². The molecule has 8 nitrogen and oxygen atoms in total. The number of ether oxygens (including phenoxy) is 1. The molecule has 1 amide bonds. The number of carbonyl (C=O) groups is 1. The average molecular weight is 490 g/mol. The summed E-state index contributed by atoms with van der Waals surface area (Å²) >= 11 is 0. The van der Waals surface area contributed by atoms with Gasteiger partial charge in [-0.3, -0.25) is 4.79 Å². The standard InChI is InChI=1S/C24H28FN3O5S/c25-18-6-9-21(10-7-18)34(31,32)26-22-11-8-20(33-23(22)17-29)16-24(30)28-14-12-27(13-15-28)19-4-2-1-3-5-19/h1-11,20,22-23,26,29H,12-17H2/t20-,22+,23+/m0/s1. The number of piperazine rings is 1. The fraction of sp³-hybridized carbons (Fsp3) is 0.375. The van der Waals surface area contributed by atoms with Crippen molar-refractivity contribution >= 4 is 21.6 Å². The van der Waals surface area contributed by atoms with Crippen molar-refractivity contribution in [3.63, 3.8) is 0 Å². The summed E-state index contributed by atoms with van der Waals surface area (Å²) in [4.78, 5) is 16.8. The minimum absolute atomic E-state index is 0.0515. The normalized spacial score (nSPS) is 23.2. The summed E-state index contributed by atoms with van der Waals surface area (Å²) in [7, 11) is -3.94. The van der Waals surface area contributed by atoms with E-state index >= 15 is 0 Å². The van der Waals surface area contributed by atoms with Crippen LogP contribution in [-0.2, 0) is 19.6 Å². The molecule has 0 aromatic heterocycles. The zero-order chi connectivity index (χ0) is 24.1. The zero-order valence-corrected chi connectivity index (χ0v) is 19.4. The van der Waals surface area contributed by atoms with E-state index in [0.29, 0.717) is 13.1 Å². The second-order valence-corrected chi connectivity index (χ2v) is 10.0. The van der Waals surface area contributed by atoms with Crippen LogP contribution in [0.5, 0.6) is 0 Å². The topological polar surface area (TPSA) is 99.2 Å². The molecule has 0 bridgehead atoms. The molecule has 1 fully saturated rings. The lowest BCUT2D eigenvalue weighted by Gasteiger charge is -2.37. The molecule has 2 aliphatic heterocycles. The van der Waals surface area contributed by atoms with Crippen molar-refractivity contribution < 1.29 is 27.4 Å². The number of para-hydroxylation sites is 1. The number of hydrogen-bond donors (Lipinski definition) is 2. The zero-order valence-electron chi connectivity index (χ0n) is 18.6. The Bertz CT molecular complexity index is 1100. The average Bonchev–Trinajstić information content (AvgIpc) is 2.85. The molecule has 1 saturated heterocycles. The van der Waals surface area contributed by atoms with Gasteiger partial charge in [-0.25, -0.2) is 17.5 Å². The fourth-order valence-corrected chi connectivity index (χ4v) is 5.34. The Labute approximate surface area is 198 Å². The van der Waals surface area contributed by atoms with Crippen molar-refractivity contribution in [2.24, 2.45) is 0 Å². The van der Waals surface area contributed by atoms with Crippen LogP contribution in [0.2, 0.25) is 0 Å². The number of rotatable bonds is 7. The Hall–Kier alpha value is -2.79. The van der Waals surface area contributed by atoms with E-state index < -0.39 is 40.7 Å². The summed E-state index contributed by atoms with van der Waals surface area (Å²) in [6.45, 7) is 2.26. The summed E-state index contributed by atoms with van der Waals surface area (Å²) in [5, 5.41) is 9.76. The van der Waals surface area contributed by atoms with E-state index in [4.69, 9.17) is 4.74 Å². The SMILES string of the molecule is O=C(C[C@@H]1C=C[C@@H](NS(=O)(=O)c2ccc(F)cc2)[C@@H](CO)O1)N1CCN(c2ccccc2)CC1. The number of hydrogen-bond acceptors (Lipinski definition) is 6. The number of carbonyl (C=O) groups excluding carboxylic acids is 1. The first-order valence-electron chi connectivity index (χ1n) is 11.2. The number of sulfonamides is 1. The van der Waals surface area contributed by atoms with Crippen molar-refractivity contribution in [3.8, 4) is 0 Å². The van der Waals surface area contributed by atoms with Crippen LogP contribution in [0.4, 0.5) is 10.1 Å².